The fourth-order valence-electron chi connectivity index (χ4n) is 3.77. The number of hydroxylamine groups is 3. The zero-order valence-corrected chi connectivity index (χ0v) is 15.0. The van der Waals surface area contributed by atoms with Crippen LogP contribution in [0.1, 0.15) is 26.7 Å². The summed E-state index contributed by atoms with van der Waals surface area (Å²) >= 11 is 0. The van der Waals surface area contributed by atoms with Crippen LogP contribution in [0.2, 0.25) is 0 Å². The standard InChI is InChI=1S/C19H23N4O2/c1-12(2)21-19-17-14(10-20-22-19)11-23(25-4)16(24-3)9-13-7-5-6-8-15(13)18(17)23/h6,8-12H,5,7H2,1-4H3,(H,21,22)/q+1. The fourth-order valence-corrected chi connectivity index (χ4v) is 3.77. The molecule has 0 aromatic carbocycles. The van der Waals surface area contributed by atoms with Gasteiger partial charge in [0.25, 0.3) is 0 Å². The second kappa shape index (κ2) is 5.82. The second-order valence-electron chi connectivity index (χ2n) is 6.71. The highest BCUT2D eigenvalue weighted by molar-refractivity contribution is 5.74. The zero-order valence-electron chi connectivity index (χ0n) is 15.0. The molecule has 1 atom stereocenters. The quantitative estimate of drug-likeness (QED) is 0.846. The van der Waals surface area contributed by atoms with E-state index in [1.165, 1.54) is 11.1 Å². The molecule has 130 valence electrons. The van der Waals surface area contributed by atoms with E-state index >= 15 is 0 Å². The van der Waals surface area contributed by atoms with Gasteiger partial charge < -0.3 is 10.1 Å². The molecular formula is C19H23N4O2+. The van der Waals surface area contributed by atoms with E-state index in [4.69, 9.17) is 9.57 Å². The van der Waals surface area contributed by atoms with Gasteiger partial charge in [0.1, 0.15) is 0 Å². The number of anilines is 1. The summed E-state index contributed by atoms with van der Waals surface area (Å²) in [4.78, 5) is 6.00. The predicted molar refractivity (Wildman–Crippen MR) is 95.7 cm³/mol. The molecule has 0 radical (unpaired) electrons. The average molecular weight is 339 g/mol. The number of rotatable bonds is 4. The molecule has 3 aliphatic rings. The molecule has 0 fully saturated rings. The third-order valence-electron chi connectivity index (χ3n) is 4.78. The number of quaternary nitrogens is 1. The molecule has 6 heteroatoms. The van der Waals surface area contributed by atoms with Crippen LogP contribution in [0.4, 0.5) is 5.82 Å². The number of nitrogens with one attached hydrogen (secondary N) is 1. The van der Waals surface area contributed by atoms with Crippen LogP contribution in [0.3, 0.4) is 0 Å². The van der Waals surface area contributed by atoms with Crippen LogP contribution in [0.15, 0.2) is 41.5 Å². The third-order valence-corrected chi connectivity index (χ3v) is 4.78. The van der Waals surface area contributed by atoms with E-state index < -0.39 is 0 Å². The average Bonchev–Trinajstić information content (AvgIpc) is 2.97. The zero-order chi connectivity index (χ0) is 17.6. The van der Waals surface area contributed by atoms with Gasteiger partial charge in [-0.15, -0.1) is 5.10 Å². The Bertz CT molecular complexity index is 943. The third kappa shape index (κ3) is 2.25. The number of ether oxygens (including phenoxy) is 1. The molecule has 1 N–H and O–H groups in total. The Labute approximate surface area is 147 Å². The Morgan fingerprint density at radius 1 is 1.28 bits per heavy atom. The Hall–Kier alpha value is -2.44. The summed E-state index contributed by atoms with van der Waals surface area (Å²) in [6, 6.07) is 0.253. The molecule has 0 saturated heterocycles. The molecule has 1 aliphatic carbocycles. The van der Waals surface area contributed by atoms with Gasteiger partial charge in [-0.1, -0.05) is 16.8 Å². The van der Waals surface area contributed by atoms with Crippen molar-refractivity contribution in [1.82, 2.24) is 10.2 Å². The summed E-state index contributed by atoms with van der Waals surface area (Å²) in [5, 5.41) is 14.0. The van der Waals surface area contributed by atoms with Gasteiger partial charge in [0.05, 0.1) is 30.9 Å². The number of aromatic nitrogens is 2. The van der Waals surface area contributed by atoms with Crippen molar-refractivity contribution in [1.29, 1.82) is 0 Å². The fraction of sp³-hybridized carbons (Fsp3) is 0.368. The van der Waals surface area contributed by atoms with Gasteiger partial charge in [-0.05, 0) is 32.3 Å². The molecule has 0 bridgehead atoms. The minimum absolute atomic E-state index is 0.0924. The van der Waals surface area contributed by atoms with E-state index in [9.17, 15) is 0 Å². The molecule has 3 heterocycles. The summed E-state index contributed by atoms with van der Waals surface area (Å²) in [7, 11) is 3.39. The van der Waals surface area contributed by atoms with Gasteiger partial charge in [0, 0.05) is 17.7 Å². The smallest absolute Gasteiger partial charge is 0.335 e. The summed E-state index contributed by atoms with van der Waals surface area (Å²) in [5.41, 5.74) is 3.50. The van der Waals surface area contributed by atoms with E-state index in [-0.39, 0.29) is 10.7 Å². The van der Waals surface area contributed by atoms with Crippen LogP contribution >= 0.6 is 0 Å². The molecule has 0 spiro atoms. The highest BCUT2D eigenvalue weighted by Gasteiger charge is 2.49. The lowest BCUT2D eigenvalue weighted by atomic mass is 9.91. The first-order valence-electron chi connectivity index (χ1n) is 8.57. The van der Waals surface area contributed by atoms with Crippen LogP contribution in [-0.4, -0.2) is 35.1 Å². The monoisotopic (exact) mass is 339 g/mol. The van der Waals surface area contributed by atoms with Gasteiger partial charge >= 0.3 is 5.88 Å². The van der Waals surface area contributed by atoms with Gasteiger partial charge in [-0.3, -0.25) is 0 Å². The topological polar surface area (TPSA) is 56.3 Å². The van der Waals surface area contributed by atoms with E-state index in [1.807, 2.05) is 6.20 Å². The highest BCUT2D eigenvalue weighted by Crippen LogP contribution is 2.43. The molecule has 2 aliphatic heterocycles. The minimum Gasteiger partial charge on any atom is -0.452 e. The van der Waals surface area contributed by atoms with Crippen LogP contribution in [0.5, 0.6) is 0 Å². The first-order valence-corrected chi connectivity index (χ1v) is 8.57. The summed E-state index contributed by atoms with van der Waals surface area (Å²) < 4.78 is 5.83. The van der Waals surface area contributed by atoms with Crippen molar-refractivity contribution in [2.45, 2.75) is 32.7 Å². The number of hydrogen-bond acceptors (Lipinski definition) is 5. The summed E-state index contributed by atoms with van der Waals surface area (Å²) in [5.74, 6) is 1.53. The van der Waals surface area contributed by atoms with Crippen molar-refractivity contribution in [2.24, 2.45) is 0 Å². The molecule has 1 aromatic rings. The molecule has 1 aromatic heterocycles. The second-order valence-corrected chi connectivity index (χ2v) is 6.71. The normalized spacial score (nSPS) is 23.7. The largest absolute Gasteiger partial charge is 0.452 e. The van der Waals surface area contributed by atoms with E-state index in [2.05, 4.69) is 47.6 Å². The van der Waals surface area contributed by atoms with Crippen molar-refractivity contribution < 1.29 is 14.2 Å². The van der Waals surface area contributed by atoms with Gasteiger partial charge in [0.2, 0.25) is 0 Å². The lowest BCUT2D eigenvalue weighted by molar-refractivity contribution is -0.962. The van der Waals surface area contributed by atoms with Gasteiger partial charge in [0.15, 0.2) is 17.7 Å². The van der Waals surface area contributed by atoms with Crippen molar-refractivity contribution in [2.75, 3.05) is 19.5 Å². The molecule has 6 nitrogen and oxygen atoms in total. The Kier molecular flexibility index (Phi) is 3.74. The van der Waals surface area contributed by atoms with E-state index in [0.29, 0.717) is 0 Å². The van der Waals surface area contributed by atoms with Crippen LogP contribution < -0.4 is 15.8 Å². The van der Waals surface area contributed by atoms with Crippen molar-refractivity contribution in [3.05, 3.63) is 51.9 Å². The number of allylic oxidation sites excluding steroid dienone is 3. The Morgan fingerprint density at radius 3 is 2.84 bits per heavy atom. The van der Waals surface area contributed by atoms with Crippen molar-refractivity contribution in [3.8, 4) is 0 Å². The lowest BCUT2D eigenvalue weighted by Gasteiger charge is -2.34. The van der Waals surface area contributed by atoms with Crippen LogP contribution in [0, 0.1) is 0 Å². The number of nitrogens with zero attached hydrogens (tertiary/aromatic N) is 3. The molecule has 25 heavy (non-hydrogen) atoms. The Morgan fingerprint density at radius 2 is 2.12 bits per heavy atom. The molecule has 1 unspecified atom stereocenters. The van der Waals surface area contributed by atoms with Crippen molar-refractivity contribution >= 4 is 17.7 Å². The van der Waals surface area contributed by atoms with E-state index in [1.54, 1.807) is 20.4 Å². The molecule has 0 saturated carbocycles. The highest BCUT2D eigenvalue weighted by atomic mass is 16.7. The first kappa shape index (κ1) is 16.1. The van der Waals surface area contributed by atoms with Crippen LogP contribution in [0.25, 0.3) is 11.9 Å². The maximum atomic E-state index is 6.00. The van der Waals surface area contributed by atoms with Crippen LogP contribution in [-0.2, 0) is 9.57 Å². The Balaban J connectivity index is 2.11. The minimum atomic E-state index is 0.0924. The summed E-state index contributed by atoms with van der Waals surface area (Å²) in [6.45, 7) is 4.19. The SMILES string of the molecule is COC1=CC2=C(C=CCC2)C2=c3c(NC(C)C)nncc3=C[N+]12OC. The summed E-state index contributed by atoms with van der Waals surface area (Å²) in [6.07, 6.45) is 12.3. The maximum absolute atomic E-state index is 6.00. The van der Waals surface area contributed by atoms with Gasteiger partial charge in [-0.2, -0.15) is 9.94 Å². The lowest BCUT2D eigenvalue weighted by Crippen LogP contribution is -2.42. The maximum Gasteiger partial charge on any atom is 0.335 e. The molecular weight excluding hydrogens is 316 g/mol. The predicted octanol–water partition coefficient (Wildman–Crippen LogP) is 1.68. The first-order chi connectivity index (χ1) is 12.1. The molecule has 0 amide bonds. The van der Waals surface area contributed by atoms with E-state index in [0.717, 1.165) is 40.7 Å². The van der Waals surface area contributed by atoms with Gasteiger partial charge in [-0.25, -0.2) is 0 Å². The number of hydrogen-bond donors (Lipinski definition) is 1. The number of fused-ring (bicyclic) bond motifs is 3. The van der Waals surface area contributed by atoms with Crippen molar-refractivity contribution in [3.63, 3.8) is 0 Å². The molecule has 4 rings (SSSR count). The number of methoxy groups -OCH3 is 1.